The molecule has 3 aromatic rings. The molecule has 1 aromatic heterocycles. The van der Waals surface area contributed by atoms with E-state index in [2.05, 4.69) is 5.32 Å². The SMILES string of the molecule is O=C(COC(=O)c1cc2c(F)cccc2s1)Nc1cccc(Cl)c1Cl. The van der Waals surface area contributed by atoms with E-state index in [1.165, 1.54) is 12.1 Å². The molecule has 0 spiro atoms. The molecule has 25 heavy (non-hydrogen) atoms. The minimum Gasteiger partial charge on any atom is -0.451 e. The third kappa shape index (κ3) is 3.92. The number of halogens is 3. The lowest BCUT2D eigenvalue weighted by Gasteiger charge is -2.08. The molecule has 0 radical (unpaired) electrons. The molecule has 128 valence electrons. The highest BCUT2D eigenvalue weighted by Crippen LogP contribution is 2.30. The van der Waals surface area contributed by atoms with Crippen LogP contribution in [-0.4, -0.2) is 18.5 Å². The zero-order valence-corrected chi connectivity index (χ0v) is 14.8. The van der Waals surface area contributed by atoms with E-state index >= 15 is 0 Å². The average Bonchev–Trinajstić information content (AvgIpc) is 3.03. The fourth-order valence-corrected chi connectivity index (χ4v) is 3.43. The summed E-state index contributed by atoms with van der Waals surface area (Å²) in [5, 5.41) is 3.34. The molecule has 0 aliphatic carbocycles. The van der Waals surface area contributed by atoms with Gasteiger partial charge in [0, 0.05) is 10.1 Å². The molecule has 1 N–H and O–H groups in total. The van der Waals surface area contributed by atoms with Crippen molar-refractivity contribution < 1.29 is 18.7 Å². The standard InChI is InChI=1S/C17H10Cl2FNO3S/c18-10-3-1-5-12(16(10)19)21-15(22)8-24-17(23)14-7-9-11(20)4-2-6-13(9)25-14/h1-7H,8H2,(H,21,22). The Kier molecular flexibility index (Phi) is 5.22. The Hall–Kier alpha value is -2.15. The van der Waals surface area contributed by atoms with E-state index in [9.17, 15) is 14.0 Å². The number of hydrogen-bond acceptors (Lipinski definition) is 4. The fourth-order valence-electron chi connectivity index (χ4n) is 2.11. The fraction of sp³-hybridized carbons (Fsp3) is 0.0588. The van der Waals surface area contributed by atoms with Gasteiger partial charge in [-0.25, -0.2) is 9.18 Å². The maximum Gasteiger partial charge on any atom is 0.348 e. The Morgan fingerprint density at radius 2 is 1.92 bits per heavy atom. The first kappa shape index (κ1) is 17.7. The van der Waals surface area contributed by atoms with Gasteiger partial charge in [0.25, 0.3) is 5.91 Å². The molecule has 0 atom stereocenters. The van der Waals surface area contributed by atoms with Crippen LogP contribution in [0.1, 0.15) is 9.67 Å². The molecule has 3 rings (SSSR count). The number of carbonyl (C=O) groups is 2. The second kappa shape index (κ2) is 7.39. The monoisotopic (exact) mass is 397 g/mol. The summed E-state index contributed by atoms with van der Waals surface area (Å²) in [5.41, 5.74) is 0.319. The Balaban J connectivity index is 1.64. The van der Waals surface area contributed by atoms with Crippen LogP contribution in [0.15, 0.2) is 42.5 Å². The smallest absolute Gasteiger partial charge is 0.348 e. The summed E-state index contributed by atoms with van der Waals surface area (Å²) in [6.07, 6.45) is 0. The molecule has 0 saturated carbocycles. The highest BCUT2D eigenvalue weighted by atomic mass is 35.5. The van der Waals surface area contributed by atoms with E-state index in [-0.39, 0.29) is 9.90 Å². The molecule has 1 heterocycles. The quantitative estimate of drug-likeness (QED) is 0.619. The predicted octanol–water partition coefficient (Wildman–Crippen LogP) is 5.14. The largest absolute Gasteiger partial charge is 0.451 e. The Morgan fingerprint density at radius 3 is 2.68 bits per heavy atom. The minimum atomic E-state index is -0.701. The molecule has 8 heteroatoms. The van der Waals surface area contributed by atoms with Gasteiger partial charge in [-0.15, -0.1) is 11.3 Å². The third-order valence-corrected chi connectivity index (χ3v) is 5.17. The van der Waals surface area contributed by atoms with Gasteiger partial charge >= 0.3 is 5.97 Å². The van der Waals surface area contributed by atoms with Crippen LogP contribution in [0.3, 0.4) is 0 Å². The van der Waals surface area contributed by atoms with E-state index in [0.29, 0.717) is 20.8 Å². The van der Waals surface area contributed by atoms with Crippen LogP contribution in [0.2, 0.25) is 10.0 Å². The summed E-state index contributed by atoms with van der Waals surface area (Å²) >= 11 is 12.9. The number of amides is 1. The topological polar surface area (TPSA) is 55.4 Å². The second-order valence-electron chi connectivity index (χ2n) is 4.99. The summed E-state index contributed by atoms with van der Waals surface area (Å²) in [5.74, 6) is -1.68. The van der Waals surface area contributed by atoms with E-state index in [4.69, 9.17) is 27.9 Å². The summed E-state index contributed by atoms with van der Waals surface area (Å²) in [4.78, 5) is 24.1. The van der Waals surface area contributed by atoms with Crippen molar-refractivity contribution >= 4 is 62.2 Å². The first-order valence-corrected chi connectivity index (χ1v) is 8.62. The molecule has 0 fully saturated rings. The number of fused-ring (bicyclic) bond motifs is 1. The molecule has 0 bridgehead atoms. The lowest BCUT2D eigenvalue weighted by Crippen LogP contribution is -2.20. The number of carbonyl (C=O) groups excluding carboxylic acids is 2. The number of hydrogen-bond donors (Lipinski definition) is 1. The Labute approximate surface area is 156 Å². The second-order valence-corrected chi connectivity index (χ2v) is 6.86. The van der Waals surface area contributed by atoms with Gasteiger partial charge in [0.15, 0.2) is 6.61 Å². The van der Waals surface area contributed by atoms with Crippen molar-refractivity contribution in [3.05, 3.63) is 63.2 Å². The Morgan fingerprint density at radius 1 is 1.16 bits per heavy atom. The number of esters is 1. The van der Waals surface area contributed by atoms with Crippen molar-refractivity contribution in [3.63, 3.8) is 0 Å². The van der Waals surface area contributed by atoms with Crippen LogP contribution < -0.4 is 5.32 Å². The highest BCUT2D eigenvalue weighted by molar-refractivity contribution is 7.20. The average molecular weight is 398 g/mol. The highest BCUT2D eigenvalue weighted by Gasteiger charge is 2.16. The number of ether oxygens (including phenoxy) is 1. The van der Waals surface area contributed by atoms with Gasteiger partial charge in [0.05, 0.1) is 15.7 Å². The van der Waals surface area contributed by atoms with Crippen LogP contribution in [-0.2, 0) is 9.53 Å². The summed E-state index contributed by atoms with van der Waals surface area (Å²) in [7, 11) is 0. The van der Waals surface area contributed by atoms with Crippen molar-refractivity contribution in [1.29, 1.82) is 0 Å². The minimum absolute atomic E-state index is 0.198. The van der Waals surface area contributed by atoms with Crippen LogP contribution in [0.5, 0.6) is 0 Å². The maximum absolute atomic E-state index is 13.7. The first-order chi connectivity index (χ1) is 12.0. The van der Waals surface area contributed by atoms with E-state index in [1.54, 1.807) is 30.3 Å². The normalized spacial score (nSPS) is 10.7. The van der Waals surface area contributed by atoms with Crippen molar-refractivity contribution in [1.82, 2.24) is 0 Å². The van der Waals surface area contributed by atoms with E-state index < -0.39 is 24.3 Å². The summed E-state index contributed by atoms with van der Waals surface area (Å²) in [6, 6.07) is 10.8. The molecule has 4 nitrogen and oxygen atoms in total. The molecule has 2 aromatic carbocycles. The van der Waals surface area contributed by atoms with Gasteiger partial charge < -0.3 is 10.1 Å². The van der Waals surface area contributed by atoms with E-state index in [1.807, 2.05) is 0 Å². The third-order valence-electron chi connectivity index (χ3n) is 3.27. The lowest BCUT2D eigenvalue weighted by molar-refractivity contribution is -0.119. The van der Waals surface area contributed by atoms with Crippen molar-refractivity contribution in [2.45, 2.75) is 0 Å². The number of benzene rings is 2. The van der Waals surface area contributed by atoms with Gasteiger partial charge in [-0.05, 0) is 30.3 Å². The maximum atomic E-state index is 13.7. The van der Waals surface area contributed by atoms with Gasteiger partial charge in [0.2, 0.25) is 0 Å². The van der Waals surface area contributed by atoms with E-state index in [0.717, 1.165) is 11.3 Å². The van der Waals surface area contributed by atoms with Crippen molar-refractivity contribution in [2.24, 2.45) is 0 Å². The first-order valence-electron chi connectivity index (χ1n) is 7.05. The van der Waals surface area contributed by atoms with Crippen LogP contribution >= 0.6 is 34.5 Å². The lowest BCUT2D eigenvalue weighted by atomic mass is 10.2. The zero-order chi connectivity index (χ0) is 18.0. The predicted molar refractivity (Wildman–Crippen MR) is 97.2 cm³/mol. The number of anilines is 1. The molecule has 0 unspecified atom stereocenters. The molecule has 0 aliphatic rings. The van der Waals surface area contributed by atoms with Crippen LogP contribution in [0.25, 0.3) is 10.1 Å². The molecular weight excluding hydrogens is 388 g/mol. The van der Waals surface area contributed by atoms with Crippen LogP contribution in [0, 0.1) is 5.82 Å². The number of nitrogens with one attached hydrogen (secondary N) is 1. The van der Waals surface area contributed by atoms with Crippen LogP contribution in [0.4, 0.5) is 10.1 Å². The molecule has 1 amide bonds. The van der Waals surface area contributed by atoms with Crippen molar-refractivity contribution in [3.8, 4) is 0 Å². The summed E-state index contributed by atoms with van der Waals surface area (Å²) in [6.45, 7) is -0.502. The van der Waals surface area contributed by atoms with Crippen molar-refractivity contribution in [2.75, 3.05) is 11.9 Å². The van der Waals surface area contributed by atoms with Gasteiger partial charge in [-0.2, -0.15) is 0 Å². The Bertz CT molecular complexity index is 974. The van der Waals surface area contributed by atoms with Gasteiger partial charge in [-0.3, -0.25) is 4.79 Å². The molecule has 0 aliphatic heterocycles. The summed E-state index contributed by atoms with van der Waals surface area (Å²) < 4.78 is 19.2. The van der Waals surface area contributed by atoms with Gasteiger partial charge in [-0.1, -0.05) is 35.3 Å². The zero-order valence-electron chi connectivity index (χ0n) is 12.5. The molecule has 0 saturated heterocycles. The number of rotatable bonds is 4. The van der Waals surface area contributed by atoms with Gasteiger partial charge in [0.1, 0.15) is 10.7 Å². The number of thiophene rings is 1. The molecular formula is C17H10Cl2FNO3S.